The number of hydrogen-bond acceptors (Lipinski definition) is 6. The van der Waals surface area contributed by atoms with Gasteiger partial charge in [0.15, 0.2) is 5.82 Å². The van der Waals surface area contributed by atoms with Crippen LogP contribution in [0, 0.1) is 0 Å². The summed E-state index contributed by atoms with van der Waals surface area (Å²) >= 11 is 0. The van der Waals surface area contributed by atoms with Gasteiger partial charge in [-0.1, -0.05) is 12.1 Å². The number of rotatable bonds is 5. The predicted molar refractivity (Wildman–Crippen MR) is 62.5 cm³/mol. The lowest BCUT2D eigenvalue weighted by atomic mass is 10.2. The molecule has 1 aromatic heterocycles. The van der Waals surface area contributed by atoms with Crippen LogP contribution in [-0.4, -0.2) is 48.3 Å². The van der Waals surface area contributed by atoms with Crippen molar-refractivity contribution in [2.45, 2.75) is 26.0 Å². The molecular formula is C11H20N4O2. The summed E-state index contributed by atoms with van der Waals surface area (Å²) in [6.45, 7) is 6.08. The van der Waals surface area contributed by atoms with Crippen molar-refractivity contribution >= 4 is 0 Å². The number of likely N-dealkylation sites (N-methyl/N-ethyl adjacent to an activating group) is 1. The molecule has 1 aliphatic heterocycles. The first-order chi connectivity index (χ1) is 8.31. The summed E-state index contributed by atoms with van der Waals surface area (Å²) < 4.78 is 10.5. The van der Waals surface area contributed by atoms with Crippen LogP contribution in [0.5, 0.6) is 0 Å². The normalized spacial score (nSPS) is 21.9. The molecule has 0 aliphatic carbocycles. The minimum Gasteiger partial charge on any atom is -0.372 e. The zero-order chi connectivity index (χ0) is 12.1. The largest absolute Gasteiger partial charge is 0.372 e. The second-order valence-electron chi connectivity index (χ2n) is 4.30. The minimum absolute atomic E-state index is 0.201. The van der Waals surface area contributed by atoms with Gasteiger partial charge in [0.25, 0.3) is 5.89 Å². The monoisotopic (exact) mass is 240 g/mol. The van der Waals surface area contributed by atoms with Crippen LogP contribution in [0.2, 0.25) is 0 Å². The van der Waals surface area contributed by atoms with E-state index in [2.05, 4.69) is 34.3 Å². The van der Waals surface area contributed by atoms with Gasteiger partial charge in [-0.05, 0) is 13.5 Å². The van der Waals surface area contributed by atoms with Crippen LogP contribution in [-0.2, 0) is 11.3 Å². The van der Waals surface area contributed by atoms with Crippen LogP contribution < -0.4 is 5.32 Å². The summed E-state index contributed by atoms with van der Waals surface area (Å²) in [4.78, 5) is 6.61. The average molecular weight is 240 g/mol. The molecule has 1 N–H and O–H groups in total. The van der Waals surface area contributed by atoms with Gasteiger partial charge in [0.05, 0.1) is 6.04 Å². The first kappa shape index (κ1) is 12.5. The quantitative estimate of drug-likeness (QED) is 0.759. The summed E-state index contributed by atoms with van der Waals surface area (Å²) in [7, 11) is 2.08. The minimum atomic E-state index is 0.201. The van der Waals surface area contributed by atoms with Crippen LogP contribution in [0.3, 0.4) is 0 Å². The molecule has 0 amide bonds. The molecule has 0 bridgehead atoms. The zero-order valence-corrected chi connectivity index (χ0v) is 10.5. The number of hydrogen-bond donors (Lipinski definition) is 1. The Morgan fingerprint density at radius 3 is 3.24 bits per heavy atom. The van der Waals surface area contributed by atoms with Gasteiger partial charge >= 0.3 is 0 Å². The highest BCUT2D eigenvalue weighted by molar-refractivity contribution is 4.97. The predicted octanol–water partition coefficient (Wildman–Crippen LogP) is 0.572. The van der Waals surface area contributed by atoms with E-state index in [1.807, 2.05) is 0 Å². The zero-order valence-electron chi connectivity index (χ0n) is 10.5. The molecule has 6 heteroatoms. The Bertz CT molecular complexity index is 342. The fourth-order valence-corrected chi connectivity index (χ4v) is 1.86. The fraction of sp³-hybridized carbons (Fsp3) is 0.818. The van der Waals surface area contributed by atoms with Crippen molar-refractivity contribution in [2.75, 3.05) is 33.3 Å². The third-order valence-corrected chi connectivity index (χ3v) is 2.87. The fourth-order valence-electron chi connectivity index (χ4n) is 1.86. The van der Waals surface area contributed by atoms with Crippen molar-refractivity contribution in [2.24, 2.45) is 0 Å². The van der Waals surface area contributed by atoms with Crippen molar-refractivity contribution in [1.82, 2.24) is 20.4 Å². The summed E-state index contributed by atoms with van der Waals surface area (Å²) in [5.74, 6) is 1.31. The lowest BCUT2D eigenvalue weighted by Crippen LogP contribution is -2.44. The molecule has 1 atom stereocenters. The van der Waals surface area contributed by atoms with Crippen molar-refractivity contribution in [3.05, 3.63) is 11.7 Å². The molecule has 0 radical (unpaired) electrons. The van der Waals surface area contributed by atoms with Gasteiger partial charge < -0.3 is 14.6 Å². The average Bonchev–Trinajstić information content (AvgIpc) is 2.79. The molecule has 0 saturated carbocycles. The van der Waals surface area contributed by atoms with Gasteiger partial charge in [-0.3, -0.25) is 4.90 Å². The number of piperazine rings is 1. The van der Waals surface area contributed by atoms with Crippen molar-refractivity contribution in [1.29, 1.82) is 0 Å². The highest BCUT2D eigenvalue weighted by Crippen LogP contribution is 2.17. The summed E-state index contributed by atoms with van der Waals surface area (Å²) in [6, 6.07) is 0.201. The van der Waals surface area contributed by atoms with E-state index in [4.69, 9.17) is 9.26 Å². The van der Waals surface area contributed by atoms with Crippen LogP contribution in [0.25, 0.3) is 0 Å². The van der Waals surface area contributed by atoms with E-state index in [1.165, 1.54) is 0 Å². The Balaban J connectivity index is 1.92. The Hall–Kier alpha value is -0.980. The number of nitrogens with one attached hydrogen (secondary N) is 1. The topological polar surface area (TPSA) is 63.4 Å². The SMILES string of the molecule is CCCOCc1nc(C2CNCCN2C)no1. The Morgan fingerprint density at radius 2 is 2.47 bits per heavy atom. The summed E-state index contributed by atoms with van der Waals surface area (Å²) in [5.41, 5.74) is 0. The number of nitrogens with zero attached hydrogens (tertiary/aromatic N) is 3. The van der Waals surface area contributed by atoms with Crippen molar-refractivity contribution < 1.29 is 9.26 Å². The van der Waals surface area contributed by atoms with Gasteiger partial charge in [-0.15, -0.1) is 0 Å². The van der Waals surface area contributed by atoms with E-state index in [0.29, 0.717) is 12.5 Å². The maximum Gasteiger partial charge on any atom is 0.252 e. The second-order valence-corrected chi connectivity index (χ2v) is 4.30. The highest BCUT2D eigenvalue weighted by atomic mass is 16.5. The van der Waals surface area contributed by atoms with Crippen molar-refractivity contribution in [3.63, 3.8) is 0 Å². The lowest BCUT2D eigenvalue weighted by Gasteiger charge is -2.30. The molecule has 96 valence electrons. The highest BCUT2D eigenvalue weighted by Gasteiger charge is 2.25. The first-order valence-electron chi connectivity index (χ1n) is 6.12. The van der Waals surface area contributed by atoms with Crippen LogP contribution in [0.1, 0.15) is 31.1 Å². The van der Waals surface area contributed by atoms with Crippen LogP contribution in [0.15, 0.2) is 4.52 Å². The first-order valence-corrected chi connectivity index (χ1v) is 6.12. The standard InChI is InChI=1S/C11H20N4O2/c1-3-6-16-8-10-13-11(14-17-10)9-7-12-4-5-15(9)2/h9,12H,3-8H2,1-2H3. The van der Waals surface area contributed by atoms with E-state index < -0.39 is 0 Å². The summed E-state index contributed by atoms with van der Waals surface area (Å²) in [5, 5.41) is 7.35. The van der Waals surface area contributed by atoms with Crippen LogP contribution >= 0.6 is 0 Å². The smallest absolute Gasteiger partial charge is 0.252 e. The van der Waals surface area contributed by atoms with Gasteiger partial charge in [0, 0.05) is 26.2 Å². The van der Waals surface area contributed by atoms with E-state index in [1.54, 1.807) is 0 Å². The molecule has 1 fully saturated rings. The third-order valence-electron chi connectivity index (χ3n) is 2.87. The molecule has 1 unspecified atom stereocenters. The molecule has 1 aliphatic rings. The molecule has 0 aromatic carbocycles. The van der Waals surface area contributed by atoms with E-state index >= 15 is 0 Å². The molecule has 2 rings (SSSR count). The molecule has 1 saturated heterocycles. The molecule has 6 nitrogen and oxygen atoms in total. The third kappa shape index (κ3) is 3.24. The molecule has 17 heavy (non-hydrogen) atoms. The number of aromatic nitrogens is 2. The lowest BCUT2D eigenvalue weighted by molar-refractivity contribution is 0.0981. The number of ether oxygens (including phenoxy) is 1. The van der Waals surface area contributed by atoms with Crippen LogP contribution in [0.4, 0.5) is 0 Å². The molecular weight excluding hydrogens is 220 g/mol. The van der Waals surface area contributed by atoms with Crippen molar-refractivity contribution in [3.8, 4) is 0 Å². The summed E-state index contributed by atoms with van der Waals surface area (Å²) in [6.07, 6.45) is 0.996. The van der Waals surface area contributed by atoms with Gasteiger partial charge in [-0.2, -0.15) is 4.98 Å². The Labute approximate surface area is 101 Å². The second kappa shape index (κ2) is 6.09. The Morgan fingerprint density at radius 1 is 1.59 bits per heavy atom. The maximum atomic E-state index is 5.37. The van der Waals surface area contributed by atoms with Gasteiger partial charge in [0.1, 0.15) is 6.61 Å². The Kier molecular flexibility index (Phi) is 4.47. The van der Waals surface area contributed by atoms with Gasteiger partial charge in [-0.25, -0.2) is 0 Å². The molecule has 2 heterocycles. The van der Waals surface area contributed by atoms with E-state index in [-0.39, 0.29) is 6.04 Å². The van der Waals surface area contributed by atoms with Gasteiger partial charge in [0.2, 0.25) is 0 Å². The maximum absolute atomic E-state index is 5.37. The van der Waals surface area contributed by atoms with E-state index in [9.17, 15) is 0 Å². The molecule has 0 spiro atoms. The molecule has 1 aromatic rings. The van der Waals surface area contributed by atoms with E-state index in [0.717, 1.165) is 38.5 Å².